The van der Waals surface area contributed by atoms with E-state index in [9.17, 15) is 4.79 Å². The second-order valence-electron chi connectivity index (χ2n) is 5.13. The van der Waals surface area contributed by atoms with Crippen molar-refractivity contribution in [1.29, 1.82) is 0 Å². The number of anilines is 2. The highest BCUT2D eigenvalue weighted by Crippen LogP contribution is 2.20. The molecule has 0 atom stereocenters. The van der Waals surface area contributed by atoms with Crippen LogP contribution in [-0.4, -0.2) is 28.5 Å². The van der Waals surface area contributed by atoms with E-state index in [1.54, 1.807) is 0 Å². The van der Waals surface area contributed by atoms with Gasteiger partial charge in [0, 0.05) is 24.1 Å². The number of aromatic nitrogens is 2. The summed E-state index contributed by atoms with van der Waals surface area (Å²) in [5.41, 5.74) is 1.34. The molecule has 2 aromatic rings. The van der Waals surface area contributed by atoms with Gasteiger partial charge in [0.05, 0.1) is 12.2 Å². The highest BCUT2D eigenvalue weighted by atomic mass is 16.5. The summed E-state index contributed by atoms with van der Waals surface area (Å²) in [4.78, 5) is 20.2. The number of carbonyl (C=O) groups is 1. The van der Waals surface area contributed by atoms with Crippen molar-refractivity contribution in [3.63, 3.8) is 0 Å². The van der Waals surface area contributed by atoms with E-state index in [-0.39, 0.29) is 5.91 Å². The van der Waals surface area contributed by atoms with Crippen LogP contribution in [-0.2, 0) is 0 Å². The first kappa shape index (κ1) is 14.3. The highest BCUT2D eigenvalue weighted by Gasteiger charge is 2.23. The van der Waals surface area contributed by atoms with Crippen LogP contribution >= 0.6 is 0 Å². The molecule has 0 radical (unpaired) electrons. The Balaban J connectivity index is 1.61. The zero-order valence-electron chi connectivity index (χ0n) is 12.4. The van der Waals surface area contributed by atoms with E-state index in [1.165, 1.54) is 12.4 Å². The van der Waals surface area contributed by atoms with Gasteiger partial charge in [-0.05, 0) is 44.0 Å². The summed E-state index contributed by atoms with van der Waals surface area (Å²) in [7, 11) is 0. The normalized spacial score (nSPS) is 13.5. The molecule has 0 spiro atoms. The van der Waals surface area contributed by atoms with Crippen LogP contribution in [0.25, 0.3) is 0 Å². The molecule has 1 aromatic heterocycles. The monoisotopic (exact) mass is 298 g/mol. The van der Waals surface area contributed by atoms with Crippen LogP contribution < -0.4 is 15.4 Å². The number of hydrogen-bond acceptors (Lipinski definition) is 5. The predicted octanol–water partition coefficient (Wildman–Crippen LogP) is 2.51. The number of carbonyl (C=O) groups excluding carboxylic acids is 1. The fourth-order valence-electron chi connectivity index (χ4n) is 1.94. The van der Waals surface area contributed by atoms with E-state index in [0.717, 1.165) is 24.3 Å². The van der Waals surface area contributed by atoms with E-state index >= 15 is 0 Å². The maximum atomic E-state index is 11.8. The first-order chi connectivity index (χ1) is 10.7. The van der Waals surface area contributed by atoms with Gasteiger partial charge in [0.2, 0.25) is 5.95 Å². The maximum absolute atomic E-state index is 11.8. The molecule has 1 heterocycles. The Morgan fingerprint density at radius 2 is 1.91 bits per heavy atom. The SMILES string of the molecule is CCOc1ccc(Nc2ncc(C(=O)NC3CC3)cn2)cc1. The third-order valence-corrected chi connectivity index (χ3v) is 3.25. The lowest BCUT2D eigenvalue weighted by atomic mass is 10.3. The molecule has 1 fully saturated rings. The van der Waals surface area contributed by atoms with Crippen molar-refractivity contribution in [1.82, 2.24) is 15.3 Å². The minimum Gasteiger partial charge on any atom is -0.494 e. The van der Waals surface area contributed by atoms with E-state index < -0.39 is 0 Å². The molecule has 1 aromatic carbocycles. The molecule has 0 bridgehead atoms. The Hall–Kier alpha value is -2.63. The molecule has 1 saturated carbocycles. The fourth-order valence-corrected chi connectivity index (χ4v) is 1.94. The second kappa shape index (κ2) is 6.43. The Labute approximate surface area is 128 Å². The molecule has 0 unspecified atom stereocenters. The molecule has 6 heteroatoms. The lowest BCUT2D eigenvalue weighted by Crippen LogP contribution is -2.25. The first-order valence-electron chi connectivity index (χ1n) is 7.37. The third-order valence-electron chi connectivity index (χ3n) is 3.25. The summed E-state index contributed by atoms with van der Waals surface area (Å²) in [5, 5.41) is 5.99. The topological polar surface area (TPSA) is 76.1 Å². The van der Waals surface area contributed by atoms with Crippen molar-refractivity contribution >= 4 is 17.5 Å². The predicted molar refractivity (Wildman–Crippen MR) is 83.4 cm³/mol. The first-order valence-corrected chi connectivity index (χ1v) is 7.37. The van der Waals surface area contributed by atoms with Gasteiger partial charge in [0.15, 0.2) is 0 Å². The van der Waals surface area contributed by atoms with Gasteiger partial charge >= 0.3 is 0 Å². The van der Waals surface area contributed by atoms with Crippen molar-refractivity contribution in [3.8, 4) is 5.75 Å². The van der Waals surface area contributed by atoms with Gasteiger partial charge < -0.3 is 15.4 Å². The molecular formula is C16H18N4O2. The molecule has 2 N–H and O–H groups in total. The van der Waals surface area contributed by atoms with Crippen LogP contribution in [0.4, 0.5) is 11.6 Å². The molecule has 6 nitrogen and oxygen atoms in total. The van der Waals surface area contributed by atoms with Crippen molar-refractivity contribution < 1.29 is 9.53 Å². The van der Waals surface area contributed by atoms with Gasteiger partial charge in [-0.2, -0.15) is 0 Å². The third kappa shape index (κ3) is 3.72. The van der Waals surface area contributed by atoms with E-state index in [0.29, 0.717) is 24.2 Å². The molecule has 1 aliphatic rings. The number of ether oxygens (including phenoxy) is 1. The van der Waals surface area contributed by atoms with Crippen molar-refractivity contribution in [2.24, 2.45) is 0 Å². The van der Waals surface area contributed by atoms with Gasteiger partial charge in [0.1, 0.15) is 5.75 Å². The highest BCUT2D eigenvalue weighted by molar-refractivity contribution is 5.94. The number of rotatable bonds is 6. The average molecular weight is 298 g/mol. The van der Waals surface area contributed by atoms with Crippen LogP contribution in [0.2, 0.25) is 0 Å². The van der Waals surface area contributed by atoms with Crippen molar-refractivity contribution in [2.45, 2.75) is 25.8 Å². The summed E-state index contributed by atoms with van der Waals surface area (Å²) in [6.45, 7) is 2.58. The Bertz CT molecular complexity index is 636. The van der Waals surface area contributed by atoms with Gasteiger partial charge in [-0.25, -0.2) is 9.97 Å². The number of benzene rings is 1. The molecule has 22 heavy (non-hydrogen) atoms. The fraction of sp³-hybridized carbons (Fsp3) is 0.312. The molecule has 0 saturated heterocycles. The quantitative estimate of drug-likeness (QED) is 0.857. The Morgan fingerprint density at radius 3 is 2.50 bits per heavy atom. The van der Waals surface area contributed by atoms with Crippen LogP contribution in [0.1, 0.15) is 30.1 Å². The lowest BCUT2D eigenvalue weighted by molar-refractivity contribution is 0.0950. The zero-order chi connectivity index (χ0) is 15.4. The van der Waals surface area contributed by atoms with Gasteiger partial charge in [-0.3, -0.25) is 4.79 Å². The number of hydrogen-bond donors (Lipinski definition) is 2. The second-order valence-corrected chi connectivity index (χ2v) is 5.13. The summed E-state index contributed by atoms with van der Waals surface area (Å²) in [6, 6.07) is 7.87. The molecule has 1 aliphatic carbocycles. The van der Waals surface area contributed by atoms with Crippen molar-refractivity contribution in [2.75, 3.05) is 11.9 Å². The zero-order valence-corrected chi connectivity index (χ0v) is 12.4. The molecular weight excluding hydrogens is 280 g/mol. The maximum Gasteiger partial charge on any atom is 0.254 e. The van der Waals surface area contributed by atoms with E-state index in [2.05, 4.69) is 20.6 Å². The van der Waals surface area contributed by atoms with Crippen molar-refractivity contribution in [3.05, 3.63) is 42.2 Å². The van der Waals surface area contributed by atoms with Crippen LogP contribution in [0.5, 0.6) is 5.75 Å². The molecule has 1 amide bonds. The molecule has 114 valence electrons. The van der Waals surface area contributed by atoms with Crippen LogP contribution in [0.15, 0.2) is 36.7 Å². The summed E-state index contributed by atoms with van der Waals surface area (Å²) in [6.07, 6.45) is 5.18. The Morgan fingerprint density at radius 1 is 1.23 bits per heavy atom. The molecule has 3 rings (SSSR count). The van der Waals surface area contributed by atoms with Crippen LogP contribution in [0.3, 0.4) is 0 Å². The standard InChI is InChI=1S/C16H18N4O2/c1-2-22-14-7-5-13(6-8-14)20-16-17-9-11(10-18-16)15(21)19-12-3-4-12/h5-10,12H,2-4H2,1H3,(H,19,21)(H,17,18,20). The number of amides is 1. The van der Waals surface area contributed by atoms with E-state index in [4.69, 9.17) is 4.74 Å². The lowest BCUT2D eigenvalue weighted by Gasteiger charge is -2.07. The summed E-state index contributed by atoms with van der Waals surface area (Å²) >= 11 is 0. The number of nitrogens with one attached hydrogen (secondary N) is 2. The molecule has 0 aliphatic heterocycles. The summed E-state index contributed by atoms with van der Waals surface area (Å²) in [5.74, 6) is 1.16. The van der Waals surface area contributed by atoms with E-state index in [1.807, 2.05) is 31.2 Å². The number of nitrogens with zero attached hydrogens (tertiary/aromatic N) is 2. The minimum absolute atomic E-state index is 0.116. The largest absolute Gasteiger partial charge is 0.494 e. The summed E-state index contributed by atoms with van der Waals surface area (Å²) < 4.78 is 5.39. The van der Waals surface area contributed by atoms with Gasteiger partial charge in [0.25, 0.3) is 5.91 Å². The minimum atomic E-state index is -0.116. The van der Waals surface area contributed by atoms with Crippen LogP contribution in [0, 0.1) is 0 Å². The smallest absolute Gasteiger partial charge is 0.254 e. The Kier molecular flexibility index (Phi) is 4.18. The van der Waals surface area contributed by atoms with Gasteiger partial charge in [-0.1, -0.05) is 0 Å². The van der Waals surface area contributed by atoms with Gasteiger partial charge in [-0.15, -0.1) is 0 Å². The average Bonchev–Trinajstić information content (AvgIpc) is 3.34.